The number of carboxylic acids is 1. The first-order valence-electron chi connectivity index (χ1n) is 8.65. The molecule has 0 saturated carbocycles. The largest absolute Gasteiger partial charge is 0.478 e. The topological polar surface area (TPSA) is 55.8 Å². The fourth-order valence-electron chi connectivity index (χ4n) is 2.16. The first kappa shape index (κ1) is 21.3. The second kappa shape index (κ2) is 10.3. The van der Waals surface area contributed by atoms with Gasteiger partial charge in [-0.1, -0.05) is 70.7 Å². The van der Waals surface area contributed by atoms with Gasteiger partial charge in [0.15, 0.2) is 11.5 Å². The lowest BCUT2D eigenvalue weighted by atomic mass is 10.0. The lowest BCUT2D eigenvalue weighted by Gasteiger charge is -2.15. The van der Waals surface area contributed by atoms with Crippen LogP contribution in [-0.2, 0) is 4.79 Å². The highest BCUT2D eigenvalue weighted by Crippen LogP contribution is 2.29. The van der Waals surface area contributed by atoms with Gasteiger partial charge in [-0.05, 0) is 30.9 Å². The predicted octanol–water partition coefficient (Wildman–Crippen LogP) is 5.95. The quantitative estimate of drug-likeness (QED) is 0.394. The molecular weight excluding hydrogens is 328 g/mol. The minimum atomic E-state index is -0.935. The third-order valence-corrected chi connectivity index (χ3v) is 3.67. The fraction of sp³-hybridized carbons (Fsp3) is 0.318. The summed E-state index contributed by atoms with van der Waals surface area (Å²) in [6.45, 7) is 13.2. The first-order valence-corrected chi connectivity index (χ1v) is 8.65. The van der Waals surface area contributed by atoms with Crippen molar-refractivity contribution in [1.82, 2.24) is 0 Å². The Morgan fingerprint density at radius 2 is 1.15 bits per heavy atom. The van der Waals surface area contributed by atoms with Crippen LogP contribution in [0, 0.1) is 0 Å². The molecule has 2 aromatic carbocycles. The van der Waals surface area contributed by atoms with Crippen LogP contribution in [0.15, 0.2) is 60.7 Å². The highest BCUT2D eigenvalue weighted by Gasteiger charge is 2.11. The maximum Gasteiger partial charge on any atom is 0.330 e. The molecule has 26 heavy (non-hydrogen) atoms. The van der Waals surface area contributed by atoms with E-state index < -0.39 is 5.97 Å². The van der Waals surface area contributed by atoms with Crippen LogP contribution in [-0.4, -0.2) is 11.1 Å². The molecule has 0 radical (unpaired) electrons. The van der Waals surface area contributed by atoms with E-state index in [-0.39, 0.29) is 5.57 Å². The summed E-state index contributed by atoms with van der Waals surface area (Å²) in [5, 5.41) is 7.89. The Kier molecular flexibility index (Phi) is 8.43. The van der Waals surface area contributed by atoms with Gasteiger partial charge in [0.05, 0.1) is 0 Å². The normalized spacial score (nSPS) is 10.1. The van der Waals surface area contributed by atoms with Crippen molar-refractivity contribution in [2.75, 3.05) is 0 Å². The molecule has 0 atom stereocenters. The number of carbonyl (C=O) groups is 1. The van der Waals surface area contributed by atoms with Crippen LogP contribution in [0.5, 0.6) is 11.5 Å². The van der Waals surface area contributed by atoms with Crippen molar-refractivity contribution in [1.29, 1.82) is 0 Å². The zero-order chi connectivity index (χ0) is 19.7. The smallest absolute Gasteiger partial charge is 0.330 e. The number of benzene rings is 2. The summed E-state index contributed by atoms with van der Waals surface area (Å²) in [6, 6.07) is 16.0. The minimum Gasteiger partial charge on any atom is -0.478 e. The molecule has 4 nitrogen and oxygen atoms in total. The Balaban J connectivity index is 0.000000487. The molecule has 0 aromatic heterocycles. The van der Waals surface area contributed by atoms with E-state index in [0.717, 1.165) is 22.6 Å². The van der Waals surface area contributed by atoms with Gasteiger partial charge in [0.25, 0.3) is 0 Å². The summed E-state index contributed by atoms with van der Waals surface area (Å²) in [5.41, 5.74) is 2.47. The van der Waals surface area contributed by atoms with Crippen LogP contribution in [0.2, 0.25) is 0 Å². The number of hydrogen-bond donors (Lipinski definition) is 1. The number of aliphatic carboxylic acids is 1. The van der Waals surface area contributed by atoms with Gasteiger partial charge >= 0.3 is 5.97 Å². The molecule has 0 spiro atoms. The average Bonchev–Trinajstić information content (AvgIpc) is 2.60. The number of rotatable bonds is 6. The van der Waals surface area contributed by atoms with Crippen molar-refractivity contribution >= 4 is 5.97 Å². The molecule has 0 saturated heterocycles. The molecule has 0 bridgehead atoms. The molecule has 0 aliphatic heterocycles. The highest BCUT2D eigenvalue weighted by atomic mass is 17.2. The predicted molar refractivity (Wildman–Crippen MR) is 105 cm³/mol. The lowest BCUT2D eigenvalue weighted by molar-refractivity contribution is -0.132. The Hall–Kier alpha value is -2.75. The van der Waals surface area contributed by atoms with Crippen molar-refractivity contribution in [3.05, 3.63) is 71.8 Å². The van der Waals surface area contributed by atoms with E-state index in [2.05, 4.69) is 46.4 Å². The molecule has 0 amide bonds. The van der Waals surface area contributed by atoms with Crippen molar-refractivity contribution < 1.29 is 19.7 Å². The van der Waals surface area contributed by atoms with Crippen LogP contribution in [0.4, 0.5) is 0 Å². The minimum absolute atomic E-state index is 0.176. The van der Waals surface area contributed by atoms with Gasteiger partial charge in [-0.25, -0.2) is 4.79 Å². The molecule has 2 aromatic rings. The Labute approximate surface area is 156 Å². The molecule has 2 rings (SSSR count). The second-order valence-electron chi connectivity index (χ2n) is 6.64. The van der Waals surface area contributed by atoms with Gasteiger partial charge in [-0.3, -0.25) is 9.78 Å². The van der Waals surface area contributed by atoms with Gasteiger partial charge in [-0.15, -0.1) is 0 Å². The molecule has 140 valence electrons. The maximum atomic E-state index is 9.60. The first-order chi connectivity index (χ1) is 12.2. The summed E-state index contributed by atoms with van der Waals surface area (Å²) < 4.78 is 0. The lowest BCUT2D eigenvalue weighted by Crippen LogP contribution is -2.06. The van der Waals surface area contributed by atoms with Crippen LogP contribution in [0.3, 0.4) is 0 Å². The number of carboxylic acid groups (broad SMARTS) is 1. The molecule has 0 aliphatic carbocycles. The van der Waals surface area contributed by atoms with E-state index in [1.54, 1.807) is 0 Å². The maximum absolute atomic E-state index is 9.60. The molecule has 0 aliphatic rings. The van der Waals surface area contributed by atoms with E-state index in [0.29, 0.717) is 11.8 Å². The zero-order valence-electron chi connectivity index (χ0n) is 16.2. The summed E-state index contributed by atoms with van der Waals surface area (Å²) in [4.78, 5) is 20.8. The highest BCUT2D eigenvalue weighted by molar-refractivity contribution is 5.84. The van der Waals surface area contributed by atoms with E-state index in [1.807, 2.05) is 36.4 Å². The van der Waals surface area contributed by atoms with Crippen molar-refractivity contribution in [3.63, 3.8) is 0 Å². The molecule has 4 heteroatoms. The van der Waals surface area contributed by atoms with Crippen molar-refractivity contribution in [2.24, 2.45) is 0 Å². The van der Waals surface area contributed by atoms with Crippen molar-refractivity contribution in [3.8, 4) is 11.5 Å². The van der Waals surface area contributed by atoms with E-state index in [1.165, 1.54) is 6.92 Å². The number of para-hydroxylation sites is 2. The summed E-state index contributed by atoms with van der Waals surface area (Å²) in [7, 11) is 0. The molecule has 0 unspecified atom stereocenters. The van der Waals surface area contributed by atoms with Gasteiger partial charge in [0.2, 0.25) is 0 Å². The molecular formula is C22H28O4. The summed E-state index contributed by atoms with van der Waals surface area (Å²) in [5.74, 6) is 1.42. The Morgan fingerprint density at radius 3 is 1.42 bits per heavy atom. The monoisotopic (exact) mass is 356 g/mol. The number of hydrogen-bond acceptors (Lipinski definition) is 3. The molecule has 0 heterocycles. The van der Waals surface area contributed by atoms with Gasteiger partial charge in [0, 0.05) is 16.7 Å². The van der Waals surface area contributed by atoms with Crippen LogP contribution in [0.1, 0.15) is 57.6 Å². The van der Waals surface area contributed by atoms with Crippen LogP contribution < -0.4 is 9.78 Å². The third-order valence-electron chi connectivity index (χ3n) is 3.67. The SMILES string of the molecule is C=C(C)C(=O)O.CC(C)c1ccccc1OOc1ccccc1C(C)C. The molecule has 0 fully saturated rings. The Morgan fingerprint density at radius 1 is 0.846 bits per heavy atom. The Bertz CT molecular complexity index is 669. The third kappa shape index (κ3) is 6.63. The van der Waals surface area contributed by atoms with Gasteiger partial charge < -0.3 is 5.11 Å². The van der Waals surface area contributed by atoms with Gasteiger partial charge in [0.1, 0.15) is 0 Å². The zero-order valence-corrected chi connectivity index (χ0v) is 16.2. The average molecular weight is 356 g/mol. The summed E-state index contributed by atoms with van der Waals surface area (Å²) in [6.07, 6.45) is 0. The van der Waals surface area contributed by atoms with E-state index in [4.69, 9.17) is 14.9 Å². The van der Waals surface area contributed by atoms with Crippen LogP contribution >= 0.6 is 0 Å². The van der Waals surface area contributed by atoms with Crippen molar-refractivity contribution in [2.45, 2.75) is 46.5 Å². The standard InChI is InChI=1S/C18H22O2.C4H6O2/c1-13(2)15-9-5-7-11-17(15)19-20-18-12-8-6-10-16(18)14(3)4;1-3(2)4(5)6/h5-14H,1-4H3;1H2,2H3,(H,5,6). The fourth-order valence-corrected chi connectivity index (χ4v) is 2.16. The molecule has 1 N–H and O–H groups in total. The summed E-state index contributed by atoms with van der Waals surface area (Å²) >= 11 is 0. The second-order valence-corrected chi connectivity index (χ2v) is 6.64. The van der Waals surface area contributed by atoms with E-state index in [9.17, 15) is 4.79 Å². The van der Waals surface area contributed by atoms with E-state index >= 15 is 0 Å². The van der Waals surface area contributed by atoms with Crippen LogP contribution in [0.25, 0.3) is 0 Å². The van der Waals surface area contributed by atoms with Gasteiger partial charge in [-0.2, -0.15) is 0 Å².